The molecule has 0 radical (unpaired) electrons. The zero-order chi connectivity index (χ0) is 24.3. The Balaban J connectivity index is 2.06. The van der Waals surface area contributed by atoms with Gasteiger partial charge < -0.3 is 10.1 Å². The van der Waals surface area contributed by atoms with Crippen LogP contribution in [0.1, 0.15) is 16.7 Å². The van der Waals surface area contributed by atoms with E-state index in [2.05, 4.69) is 5.32 Å². The molecule has 0 heterocycles. The van der Waals surface area contributed by atoms with Crippen molar-refractivity contribution in [3.63, 3.8) is 0 Å². The van der Waals surface area contributed by atoms with Crippen molar-refractivity contribution in [2.24, 2.45) is 0 Å². The Bertz CT molecular complexity index is 1310. The number of ether oxygens (including phenoxy) is 1. The summed E-state index contributed by atoms with van der Waals surface area (Å²) in [5, 5.41) is 2.94. The Morgan fingerprint density at radius 1 is 1.03 bits per heavy atom. The molecule has 6 nitrogen and oxygen atoms in total. The van der Waals surface area contributed by atoms with Gasteiger partial charge >= 0.3 is 0 Å². The van der Waals surface area contributed by atoms with Gasteiger partial charge in [0.25, 0.3) is 10.0 Å². The van der Waals surface area contributed by atoms with Crippen LogP contribution >= 0.6 is 11.6 Å². The third-order valence-corrected chi connectivity index (χ3v) is 7.29. The highest BCUT2D eigenvalue weighted by atomic mass is 35.5. The van der Waals surface area contributed by atoms with Gasteiger partial charge in [0.15, 0.2) is 0 Å². The van der Waals surface area contributed by atoms with Crippen molar-refractivity contribution in [1.82, 2.24) is 0 Å². The number of anilines is 2. The van der Waals surface area contributed by atoms with Crippen molar-refractivity contribution in [1.29, 1.82) is 0 Å². The molecule has 9 heteroatoms. The molecule has 1 amide bonds. The molecule has 0 atom stereocenters. The lowest BCUT2D eigenvalue weighted by atomic mass is 10.2. The number of hydrogen-bond acceptors (Lipinski definition) is 4. The molecule has 0 saturated heterocycles. The van der Waals surface area contributed by atoms with Crippen LogP contribution in [-0.4, -0.2) is 28.0 Å². The number of carbonyl (C=O) groups excluding carboxylic acids is 1. The zero-order valence-corrected chi connectivity index (χ0v) is 20.2. The molecule has 0 bridgehead atoms. The fourth-order valence-corrected chi connectivity index (χ4v) is 5.04. The van der Waals surface area contributed by atoms with Crippen LogP contribution < -0.4 is 14.4 Å². The molecule has 0 aromatic heterocycles. The van der Waals surface area contributed by atoms with Crippen LogP contribution in [0.15, 0.2) is 59.5 Å². The largest absolute Gasteiger partial charge is 0.495 e. The summed E-state index contributed by atoms with van der Waals surface area (Å²) >= 11 is 6.25. The quantitative estimate of drug-likeness (QED) is 0.491. The Morgan fingerprint density at radius 2 is 1.73 bits per heavy atom. The number of benzene rings is 3. The Hall–Kier alpha value is -3.10. The molecule has 3 aromatic carbocycles. The molecular weight excluding hydrogens is 467 g/mol. The Kier molecular flexibility index (Phi) is 7.29. The highest BCUT2D eigenvalue weighted by Crippen LogP contribution is 2.32. The van der Waals surface area contributed by atoms with E-state index >= 15 is 0 Å². The van der Waals surface area contributed by atoms with Crippen LogP contribution in [0, 0.1) is 26.6 Å². The molecule has 3 aromatic rings. The molecule has 0 aliphatic heterocycles. The number of nitrogens with zero attached hydrogens (tertiary/aromatic N) is 1. The van der Waals surface area contributed by atoms with E-state index in [4.69, 9.17) is 16.3 Å². The molecule has 0 unspecified atom stereocenters. The number of carbonyl (C=O) groups is 1. The second kappa shape index (κ2) is 9.80. The van der Waals surface area contributed by atoms with Gasteiger partial charge in [-0.05, 0) is 73.9 Å². The molecule has 0 aliphatic rings. The zero-order valence-electron chi connectivity index (χ0n) is 18.6. The van der Waals surface area contributed by atoms with Crippen molar-refractivity contribution in [2.75, 3.05) is 23.3 Å². The van der Waals surface area contributed by atoms with Gasteiger partial charge in [-0.1, -0.05) is 29.8 Å². The predicted molar refractivity (Wildman–Crippen MR) is 128 cm³/mol. The fraction of sp³-hybridized carbons (Fsp3) is 0.208. The van der Waals surface area contributed by atoms with Crippen molar-refractivity contribution in [3.05, 3.63) is 82.1 Å². The number of hydrogen-bond donors (Lipinski definition) is 1. The molecule has 0 spiro atoms. The lowest BCUT2D eigenvalue weighted by Crippen LogP contribution is -2.38. The molecule has 0 saturated carbocycles. The summed E-state index contributed by atoms with van der Waals surface area (Å²) in [7, 11) is -2.87. The summed E-state index contributed by atoms with van der Waals surface area (Å²) < 4.78 is 47.3. The summed E-state index contributed by atoms with van der Waals surface area (Å²) in [6.07, 6.45) is 0. The number of nitrogens with one attached hydrogen (secondary N) is 1. The monoisotopic (exact) mass is 490 g/mol. The molecule has 174 valence electrons. The summed E-state index contributed by atoms with van der Waals surface area (Å²) in [4.78, 5) is 12.8. The standard InChI is InChI=1S/C24H24ClFN2O4S/c1-15-5-10-22(32-4)23(11-15)33(30,31)28(19-9-7-16(2)20(25)13-19)14-24(29)27-21-12-18(26)8-6-17(21)3/h5-13H,14H2,1-4H3,(H,27,29). The summed E-state index contributed by atoms with van der Waals surface area (Å²) in [5.74, 6) is -1.02. The van der Waals surface area contributed by atoms with E-state index in [0.717, 1.165) is 9.87 Å². The first kappa shape index (κ1) is 24.5. The minimum Gasteiger partial charge on any atom is -0.495 e. The maximum absolute atomic E-state index is 13.7. The van der Waals surface area contributed by atoms with Gasteiger partial charge in [-0.25, -0.2) is 12.8 Å². The van der Waals surface area contributed by atoms with E-state index < -0.39 is 28.3 Å². The first-order valence-corrected chi connectivity index (χ1v) is 11.8. The van der Waals surface area contributed by atoms with Gasteiger partial charge in [-0.2, -0.15) is 0 Å². The summed E-state index contributed by atoms with van der Waals surface area (Å²) in [6, 6.07) is 13.5. The van der Waals surface area contributed by atoms with E-state index in [-0.39, 0.29) is 22.0 Å². The first-order valence-electron chi connectivity index (χ1n) is 10.0. The van der Waals surface area contributed by atoms with Gasteiger partial charge in [0.1, 0.15) is 23.0 Å². The van der Waals surface area contributed by atoms with Crippen molar-refractivity contribution in [3.8, 4) is 5.75 Å². The first-order chi connectivity index (χ1) is 15.5. The molecule has 3 rings (SSSR count). The highest BCUT2D eigenvalue weighted by molar-refractivity contribution is 7.93. The number of methoxy groups -OCH3 is 1. The fourth-order valence-electron chi connectivity index (χ4n) is 3.21. The maximum Gasteiger partial charge on any atom is 0.268 e. The second-order valence-corrected chi connectivity index (χ2v) is 9.84. The Labute approximate surface area is 198 Å². The molecule has 0 aliphatic carbocycles. The molecular formula is C24H24ClFN2O4S. The summed E-state index contributed by atoms with van der Waals surface area (Å²) in [5.41, 5.74) is 2.56. The van der Waals surface area contributed by atoms with Crippen LogP contribution in [0.25, 0.3) is 0 Å². The van der Waals surface area contributed by atoms with E-state index in [1.807, 2.05) is 0 Å². The predicted octanol–water partition coefficient (Wildman–Crippen LogP) is 5.25. The van der Waals surface area contributed by atoms with E-state index in [1.54, 1.807) is 45.0 Å². The van der Waals surface area contributed by atoms with Crippen molar-refractivity contribution >= 4 is 38.9 Å². The minimum absolute atomic E-state index is 0.0866. The van der Waals surface area contributed by atoms with Gasteiger partial charge in [0.05, 0.1) is 12.8 Å². The maximum atomic E-state index is 13.7. The van der Waals surface area contributed by atoms with Crippen LogP contribution in [0.2, 0.25) is 5.02 Å². The Morgan fingerprint density at radius 3 is 2.39 bits per heavy atom. The summed E-state index contributed by atoms with van der Waals surface area (Å²) in [6.45, 7) is 4.69. The lowest BCUT2D eigenvalue weighted by Gasteiger charge is -2.25. The SMILES string of the molecule is COc1ccc(C)cc1S(=O)(=O)N(CC(=O)Nc1cc(F)ccc1C)c1ccc(C)c(Cl)c1. The van der Waals surface area contributed by atoms with Crippen LogP contribution in [0.4, 0.5) is 15.8 Å². The van der Waals surface area contributed by atoms with Gasteiger partial charge in [-0.15, -0.1) is 0 Å². The number of sulfonamides is 1. The topological polar surface area (TPSA) is 75.7 Å². The number of aryl methyl sites for hydroxylation is 3. The van der Waals surface area contributed by atoms with Gasteiger partial charge in [0, 0.05) is 10.7 Å². The van der Waals surface area contributed by atoms with Crippen molar-refractivity contribution in [2.45, 2.75) is 25.7 Å². The lowest BCUT2D eigenvalue weighted by molar-refractivity contribution is -0.114. The average molecular weight is 491 g/mol. The molecule has 0 fully saturated rings. The number of amides is 1. The van der Waals surface area contributed by atoms with Gasteiger partial charge in [0.2, 0.25) is 5.91 Å². The van der Waals surface area contributed by atoms with Gasteiger partial charge in [-0.3, -0.25) is 9.10 Å². The van der Waals surface area contributed by atoms with E-state index in [1.165, 1.54) is 37.4 Å². The number of halogens is 2. The minimum atomic E-state index is -4.24. The molecule has 33 heavy (non-hydrogen) atoms. The normalized spacial score (nSPS) is 11.2. The third-order valence-electron chi connectivity index (χ3n) is 5.09. The molecule has 1 N–H and O–H groups in total. The average Bonchev–Trinajstić information content (AvgIpc) is 2.76. The second-order valence-electron chi connectivity index (χ2n) is 7.61. The smallest absolute Gasteiger partial charge is 0.268 e. The highest BCUT2D eigenvalue weighted by Gasteiger charge is 2.30. The van der Waals surface area contributed by atoms with Crippen LogP contribution in [0.5, 0.6) is 5.75 Å². The number of rotatable bonds is 7. The third kappa shape index (κ3) is 5.46. The van der Waals surface area contributed by atoms with E-state index in [0.29, 0.717) is 16.1 Å². The van der Waals surface area contributed by atoms with E-state index in [9.17, 15) is 17.6 Å². The van der Waals surface area contributed by atoms with Crippen molar-refractivity contribution < 1.29 is 22.3 Å². The van der Waals surface area contributed by atoms with Crippen LogP contribution in [0.3, 0.4) is 0 Å². The van der Waals surface area contributed by atoms with Crippen LogP contribution in [-0.2, 0) is 14.8 Å².